The third-order valence-electron chi connectivity index (χ3n) is 4.87. The molecule has 1 saturated heterocycles. The first kappa shape index (κ1) is 21.5. The molecule has 0 bridgehead atoms. The van der Waals surface area contributed by atoms with Gasteiger partial charge in [-0.1, -0.05) is 29.8 Å². The van der Waals surface area contributed by atoms with Crippen LogP contribution in [0.2, 0.25) is 5.02 Å². The Morgan fingerprint density at radius 1 is 0.967 bits per heavy atom. The van der Waals surface area contributed by atoms with Crippen LogP contribution in [-0.2, 0) is 0 Å². The lowest BCUT2D eigenvalue weighted by Gasteiger charge is -2.36. The number of aryl methyl sites for hydroxylation is 2. The van der Waals surface area contributed by atoms with Crippen LogP contribution in [0.15, 0.2) is 61.1 Å². The quantitative estimate of drug-likeness (QED) is 0.448. The molecule has 1 aromatic carbocycles. The number of benzene rings is 1. The number of nitro benzene ring substituents is 1. The molecule has 0 amide bonds. The summed E-state index contributed by atoms with van der Waals surface area (Å²) in [6.45, 7) is 7.06. The van der Waals surface area contributed by atoms with Gasteiger partial charge in [0.25, 0.3) is 5.69 Å². The molecule has 1 fully saturated rings. The SMILES string of the molecule is Cc1ccc(N2CCN(c3ccccc3[N+](=O)[O-])CC2)nc1.Cc1cnccc1Cl. The molecule has 30 heavy (non-hydrogen) atoms. The summed E-state index contributed by atoms with van der Waals surface area (Å²) in [5.74, 6) is 0.966. The molecule has 8 heteroatoms. The van der Waals surface area contributed by atoms with Crippen LogP contribution < -0.4 is 9.80 Å². The number of para-hydroxylation sites is 2. The Balaban J connectivity index is 0.000000269. The van der Waals surface area contributed by atoms with E-state index in [4.69, 9.17) is 11.6 Å². The van der Waals surface area contributed by atoms with Crippen molar-refractivity contribution in [2.45, 2.75) is 13.8 Å². The number of anilines is 2. The van der Waals surface area contributed by atoms with Gasteiger partial charge in [-0.2, -0.15) is 0 Å². The number of hydrogen-bond acceptors (Lipinski definition) is 6. The Kier molecular flexibility index (Phi) is 7.19. The first-order chi connectivity index (χ1) is 14.5. The van der Waals surface area contributed by atoms with Gasteiger partial charge in [0.15, 0.2) is 0 Å². The van der Waals surface area contributed by atoms with Gasteiger partial charge in [0.1, 0.15) is 11.5 Å². The lowest BCUT2D eigenvalue weighted by Crippen LogP contribution is -2.47. The van der Waals surface area contributed by atoms with Crippen LogP contribution in [0.5, 0.6) is 0 Å². The Morgan fingerprint density at radius 3 is 2.23 bits per heavy atom. The molecule has 1 aliphatic rings. The molecule has 0 unspecified atom stereocenters. The highest BCUT2D eigenvalue weighted by molar-refractivity contribution is 6.31. The van der Waals surface area contributed by atoms with Crippen molar-refractivity contribution in [2.75, 3.05) is 36.0 Å². The lowest BCUT2D eigenvalue weighted by molar-refractivity contribution is -0.384. The molecule has 0 saturated carbocycles. The predicted molar refractivity (Wildman–Crippen MR) is 120 cm³/mol. The van der Waals surface area contributed by atoms with Crippen LogP contribution in [-0.4, -0.2) is 41.1 Å². The summed E-state index contributed by atoms with van der Waals surface area (Å²) >= 11 is 5.67. The summed E-state index contributed by atoms with van der Waals surface area (Å²) in [6.07, 6.45) is 5.28. The number of hydrogen-bond donors (Lipinski definition) is 0. The maximum Gasteiger partial charge on any atom is 0.292 e. The fourth-order valence-electron chi connectivity index (χ4n) is 3.17. The smallest absolute Gasteiger partial charge is 0.292 e. The number of rotatable bonds is 3. The fourth-order valence-corrected chi connectivity index (χ4v) is 3.27. The van der Waals surface area contributed by atoms with E-state index in [1.807, 2.05) is 38.2 Å². The minimum atomic E-state index is -0.316. The van der Waals surface area contributed by atoms with E-state index in [0.717, 1.165) is 48.1 Å². The first-order valence-corrected chi connectivity index (χ1v) is 10.1. The molecule has 0 spiro atoms. The molecule has 0 N–H and O–H groups in total. The van der Waals surface area contributed by atoms with Gasteiger partial charge >= 0.3 is 0 Å². The molecule has 2 aromatic heterocycles. The van der Waals surface area contributed by atoms with Gasteiger partial charge < -0.3 is 9.80 Å². The van der Waals surface area contributed by atoms with Crippen molar-refractivity contribution in [2.24, 2.45) is 0 Å². The van der Waals surface area contributed by atoms with E-state index in [9.17, 15) is 10.1 Å². The van der Waals surface area contributed by atoms with Crippen LogP contribution in [0.3, 0.4) is 0 Å². The third-order valence-corrected chi connectivity index (χ3v) is 5.29. The standard InChI is InChI=1S/C16H18N4O2.C6H6ClN/c1-13-6-7-16(17-12-13)19-10-8-18(9-11-19)14-4-2-3-5-15(14)20(21)22;1-5-4-8-3-2-6(5)7/h2-7,12H,8-11H2,1H3;2-4H,1H3. The minimum Gasteiger partial charge on any atom is -0.362 e. The summed E-state index contributed by atoms with van der Waals surface area (Å²) in [4.78, 5) is 23.4. The van der Waals surface area contributed by atoms with Crippen molar-refractivity contribution < 1.29 is 4.92 Å². The average Bonchev–Trinajstić information content (AvgIpc) is 2.77. The minimum absolute atomic E-state index is 0.171. The average molecular weight is 426 g/mol. The van der Waals surface area contributed by atoms with Crippen molar-refractivity contribution in [1.82, 2.24) is 9.97 Å². The molecule has 0 atom stereocenters. The molecular formula is C22H24ClN5O2. The number of nitrogens with zero attached hydrogens (tertiary/aromatic N) is 5. The molecule has 1 aliphatic heterocycles. The fraction of sp³-hybridized carbons (Fsp3) is 0.273. The van der Waals surface area contributed by atoms with Crippen molar-refractivity contribution in [3.05, 3.63) is 87.3 Å². The second-order valence-corrected chi connectivity index (χ2v) is 7.45. The second kappa shape index (κ2) is 10.0. The third kappa shape index (κ3) is 5.45. The summed E-state index contributed by atoms with van der Waals surface area (Å²) in [7, 11) is 0. The number of pyridine rings is 2. The second-order valence-electron chi connectivity index (χ2n) is 7.04. The molecule has 0 aliphatic carbocycles. The summed E-state index contributed by atoms with van der Waals surface area (Å²) in [5.41, 5.74) is 3.03. The zero-order chi connectivity index (χ0) is 21.5. The van der Waals surface area contributed by atoms with Crippen molar-refractivity contribution in [1.29, 1.82) is 0 Å². The van der Waals surface area contributed by atoms with Gasteiger partial charge in [0.05, 0.1) is 4.92 Å². The maximum atomic E-state index is 11.1. The van der Waals surface area contributed by atoms with Gasteiger partial charge in [0.2, 0.25) is 0 Å². The Bertz CT molecular complexity index is 968. The molecule has 7 nitrogen and oxygen atoms in total. The van der Waals surface area contributed by atoms with Crippen molar-refractivity contribution in [3.63, 3.8) is 0 Å². The molecule has 4 rings (SSSR count). The predicted octanol–water partition coefficient (Wildman–Crippen LogP) is 4.67. The van der Waals surface area contributed by atoms with Gasteiger partial charge in [-0.3, -0.25) is 15.1 Å². The number of piperazine rings is 1. The van der Waals surface area contributed by atoms with E-state index in [0.29, 0.717) is 5.69 Å². The Labute approximate surface area is 181 Å². The highest BCUT2D eigenvalue weighted by Crippen LogP contribution is 2.28. The van der Waals surface area contributed by atoms with Crippen molar-refractivity contribution >= 4 is 28.8 Å². The van der Waals surface area contributed by atoms with Crippen LogP contribution >= 0.6 is 11.6 Å². The molecular weight excluding hydrogens is 402 g/mol. The van der Waals surface area contributed by atoms with Crippen molar-refractivity contribution in [3.8, 4) is 0 Å². The topological polar surface area (TPSA) is 75.4 Å². The number of nitro groups is 1. The van der Waals surface area contributed by atoms with E-state index in [1.165, 1.54) is 0 Å². The number of halogens is 1. The van der Waals surface area contributed by atoms with Crippen LogP contribution in [0, 0.1) is 24.0 Å². The van der Waals surface area contributed by atoms with E-state index in [1.54, 1.807) is 30.6 Å². The van der Waals surface area contributed by atoms with Crippen LogP contribution in [0.1, 0.15) is 11.1 Å². The zero-order valence-corrected chi connectivity index (χ0v) is 17.8. The molecule has 3 aromatic rings. The normalized spacial score (nSPS) is 13.4. The van der Waals surface area contributed by atoms with E-state index < -0.39 is 0 Å². The monoisotopic (exact) mass is 425 g/mol. The zero-order valence-electron chi connectivity index (χ0n) is 17.0. The maximum absolute atomic E-state index is 11.1. The summed E-state index contributed by atoms with van der Waals surface area (Å²) < 4.78 is 0. The van der Waals surface area contributed by atoms with Gasteiger partial charge in [-0.05, 0) is 43.2 Å². The van der Waals surface area contributed by atoms with Crippen LogP contribution in [0.25, 0.3) is 0 Å². The highest BCUT2D eigenvalue weighted by Gasteiger charge is 2.23. The van der Waals surface area contributed by atoms with Gasteiger partial charge in [0, 0.05) is 55.9 Å². The first-order valence-electron chi connectivity index (χ1n) is 9.68. The highest BCUT2D eigenvalue weighted by atomic mass is 35.5. The lowest BCUT2D eigenvalue weighted by atomic mass is 10.2. The molecule has 0 radical (unpaired) electrons. The Morgan fingerprint density at radius 2 is 1.67 bits per heavy atom. The number of aromatic nitrogens is 2. The van der Waals surface area contributed by atoms with E-state index in [2.05, 4.69) is 25.8 Å². The largest absolute Gasteiger partial charge is 0.362 e. The van der Waals surface area contributed by atoms with Gasteiger partial charge in [-0.25, -0.2) is 4.98 Å². The van der Waals surface area contributed by atoms with Gasteiger partial charge in [-0.15, -0.1) is 0 Å². The summed E-state index contributed by atoms with van der Waals surface area (Å²) in [6, 6.07) is 12.8. The van der Waals surface area contributed by atoms with Crippen LogP contribution in [0.4, 0.5) is 17.2 Å². The Hall–Kier alpha value is -3.19. The van der Waals surface area contributed by atoms with E-state index in [-0.39, 0.29) is 10.6 Å². The summed E-state index contributed by atoms with van der Waals surface area (Å²) in [5, 5.41) is 11.9. The molecule has 156 valence electrons. The molecule has 3 heterocycles. The van der Waals surface area contributed by atoms with E-state index >= 15 is 0 Å².